The average molecular weight is 784 g/mol. The lowest BCUT2D eigenvalue weighted by Gasteiger charge is -2.59. The largest absolute Gasteiger partial charge is 0.459 e. The molecule has 13 nitrogen and oxygen atoms in total. The first-order valence-corrected chi connectivity index (χ1v) is 19.9. The maximum absolute atomic E-state index is 13.9. The van der Waals surface area contributed by atoms with Gasteiger partial charge in [0.05, 0.1) is 35.1 Å². The zero-order valence-electron chi connectivity index (χ0n) is 31.8. The van der Waals surface area contributed by atoms with Crippen LogP contribution in [0.25, 0.3) is 0 Å². The van der Waals surface area contributed by atoms with Gasteiger partial charge in [-0.05, 0) is 80.7 Å². The van der Waals surface area contributed by atoms with Gasteiger partial charge >= 0.3 is 6.09 Å². The molecule has 55 heavy (non-hydrogen) atoms. The second-order valence-corrected chi connectivity index (χ2v) is 14.4. The third kappa shape index (κ3) is 9.45. The number of hydrogen-bond acceptors (Lipinski definition) is 11. The Labute approximate surface area is 328 Å². The standard InChI is InChI=1S/C41H54ClN3O10/c1-4-19-44(40(48)51-23-18-42)37-27-35(43-53-6-3)33-24-28(12-7-9-20-46)32(15-8-10-21-47)38-34-26-31(54-30-14-11-13-29(25-30)45(49)50)16-17-36(34)55-41(37,39(33)38)52-22-5-2/h5,11,13-14,16-17,24-26,28,32,37-39,46-47H,2,4,6-10,12,15,18-23,27H2,1,3H3. The second-order valence-electron chi connectivity index (χ2n) is 14.0. The van der Waals surface area contributed by atoms with Gasteiger partial charge in [-0.1, -0.05) is 43.1 Å². The van der Waals surface area contributed by atoms with Crippen molar-refractivity contribution in [3.05, 3.63) is 82.4 Å². The van der Waals surface area contributed by atoms with E-state index in [0.29, 0.717) is 55.4 Å². The molecule has 3 aliphatic rings. The molecule has 14 heteroatoms. The Balaban J connectivity index is 1.76. The SMILES string of the molecule is C=CCOC12Oc3ccc(Oc4cccc([N+](=O)[O-])c4)cc3C3C(CCCCO)C(CCCCO)C=C(C(=NOCC)CC1N(CCC)C(=O)OCCCl)C32. The predicted molar refractivity (Wildman–Crippen MR) is 209 cm³/mol. The Bertz CT molecular complexity index is 1690. The van der Waals surface area contributed by atoms with Crippen molar-refractivity contribution in [3.8, 4) is 17.2 Å². The molecule has 1 fully saturated rings. The van der Waals surface area contributed by atoms with Gasteiger partial charge in [-0.25, -0.2) is 4.79 Å². The number of aliphatic hydroxyl groups is 2. The van der Waals surface area contributed by atoms with Gasteiger partial charge < -0.3 is 34.0 Å². The molecule has 300 valence electrons. The highest BCUT2D eigenvalue weighted by Gasteiger charge is 2.65. The number of non-ortho nitro benzene ring substituents is 1. The maximum atomic E-state index is 13.9. The number of allylic oxidation sites excluding steroid dienone is 1. The van der Waals surface area contributed by atoms with Crippen LogP contribution in [0.2, 0.25) is 0 Å². The molecule has 0 aromatic heterocycles. The van der Waals surface area contributed by atoms with Crippen LogP contribution >= 0.6 is 11.6 Å². The van der Waals surface area contributed by atoms with E-state index >= 15 is 0 Å². The number of hydrogen-bond donors (Lipinski definition) is 2. The molecule has 2 aromatic carbocycles. The lowest BCUT2D eigenvalue weighted by molar-refractivity contribution is -0.384. The molecule has 2 N–H and O–H groups in total. The number of carbonyl (C=O) groups excluding carboxylic acids is 1. The summed E-state index contributed by atoms with van der Waals surface area (Å²) in [4.78, 5) is 32.5. The number of alkyl halides is 1. The number of nitro benzene ring substituents is 1. The molecule has 1 heterocycles. The first-order chi connectivity index (χ1) is 26.8. The van der Waals surface area contributed by atoms with Crippen LogP contribution < -0.4 is 9.47 Å². The summed E-state index contributed by atoms with van der Waals surface area (Å²) in [6.07, 6.45) is 8.69. The van der Waals surface area contributed by atoms with Crippen LogP contribution in [0.15, 0.2) is 71.9 Å². The van der Waals surface area contributed by atoms with E-state index in [1.54, 1.807) is 29.2 Å². The van der Waals surface area contributed by atoms with Crippen LogP contribution in [0.5, 0.6) is 17.2 Å². The normalized spacial score (nSPS) is 24.5. The first kappa shape index (κ1) is 42.0. The summed E-state index contributed by atoms with van der Waals surface area (Å²) in [5, 5.41) is 35.9. The number of nitrogens with zero attached hydrogens (tertiary/aromatic N) is 3. The summed E-state index contributed by atoms with van der Waals surface area (Å²) >= 11 is 5.96. The number of ether oxygens (including phenoxy) is 4. The lowest BCUT2D eigenvalue weighted by atomic mass is 9.55. The molecule has 0 saturated heterocycles. The molecule has 5 rings (SSSR count). The van der Waals surface area contributed by atoms with Crippen molar-refractivity contribution in [1.82, 2.24) is 4.90 Å². The fraction of sp³-hybridized carbons (Fsp3) is 0.561. The fourth-order valence-electron chi connectivity index (χ4n) is 8.48. The van der Waals surface area contributed by atoms with Crippen molar-refractivity contribution in [3.63, 3.8) is 0 Å². The number of amides is 1. The summed E-state index contributed by atoms with van der Waals surface area (Å²) in [5.41, 5.74) is 2.37. The van der Waals surface area contributed by atoms with E-state index in [1.165, 1.54) is 12.1 Å². The number of nitro groups is 1. The highest BCUT2D eigenvalue weighted by atomic mass is 35.5. The third-order valence-electron chi connectivity index (χ3n) is 10.6. The number of halogens is 1. The Morgan fingerprint density at radius 2 is 1.89 bits per heavy atom. The number of aliphatic hydroxyl groups excluding tert-OH is 2. The summed E-state index contributed by atoms with van der Waals surface area (Å²) in [6.45, 7) is 8.80. The third-order valence-corrected chi connectivity index (χ3v) is 10.7. The van der Waals surface area contributed by atoms with Crippen molar-refractivity contribution in [2.45, 2.75) is 83.0 Å². The molecular weight excluding hydrogens is 730 g/mol. The minimum atomic E-state index is -1.42. The zero-order chi connectivity index (χ0) is 39.4. The maximum Gasteiger partial charge on any atom is 0.410 e. The molecular formula is C41H54ClN3O10. The quantitative estimate of drug-likeness (QED) is 0.0416. The summed E-state index contributed by atoms with van der Waals surface area (Å²) in [5.74, 6) is -0.651. The highest BCUT2D eigenvalue weighted by molar-refractivity contribution is 6.18. The van der Waals surface area contributed by atoms with Crippen LogP contribution in [-0.2, 0) is 14.3 Å². The van der Waals surface area contributed by atoms with Gasteiger partial charge in [-0.15, -0.1) is 18.2 Å². The van der Waals surface area contributed by atoms with Crippen molar-refractivity contribution in [2.24, 2.45) is 22.9 Å². The molecule has 2 aliphatic carbocycles. The molecule has 0 radical (unpaired) electrons. The minimum Gasteiger partial charge on any atom is -0.459 e. The fourth-order valence-corrected chi connectivity index (χ4v) is 8.55. The topological polar surface area (TPSA) is 162 Å². The minimum absolute atomic E-state index is 0.0105. The number of fused-ring (bicyclic) bond motifs is 2. The van der Waals surface area contributed by atoms with Crippen molar-refractivity contribution >= 4 is 29.1 Å². The van der Waals surface area contributed by atoms with Gasteiger partial charge in [0.1, 0.15) is 36.5 Å². The molecule has 0 spiro atoms. The van der Waals surface area contributed by atoms with Crippen molar-refractivity contribution in [1.29, 1.82) is 0 Å². The smallest absolute Gasteiger partial charge is 0.410 e. The Hall–Kier alpha value is -4.17. The lowest BCUT2D eigenvalue weighted by Crippen LogP contribution is -2.70. The van der Waals surface area contributed by atoms with E-state index in [2.05, 4.69) is 17.8 Å². The predicted octanol–water partition coefficient (Wildman–Crippen LogP) is 8.13. The zero-order valence-corrected chi connectivity index (χ0v) is 32.5. The number of carbonyl (C=O) groups is 1. The molecule has 1 amide bonds. The number of rotatable bonds is 21. The van der Waals surface area contributed by atoms with Gasteiger partial charge in [-0.2, -0.15) is 0 Å². The molecule has 0 bridgehead atoms. The molecule has 2 aromatic rings. The monoisotopic (exact) mass is 783 g/mol. The number of benzene rings is 2. The van der Waals surface area contributed by atoms with Gasteiger partial charge in [0.15, 0.2) is 0 Å². The first-order valence-electron chi connectivity index (χ1n) is 19.4. The van der Waals surface area contributed by atoms with Crippen LogP contribution in [-0.4, -0.2) is 89.1 Å². The van der Waals surface area contributed by atoms with Gasteiger partial charge in [-0.3, -0.25) is 15.0 Å². The number of unbranched alkanes of at least 4 members (excludes halogenated alkanes) is 2. The second kappa shape index (κ2) is 20.1. The Morgan fingerprint density at radius 1 is 1.13 bits per heavy atom. The van der Waals surface area contributed by atoms with Gasteiger partial charge in [0.2, 0.25) is 5.79 Å². The van der Waals surface area contributed by atoms with E-state index in [0.717, 1.165) is 36.8 Å². The van der Waals surface area contributed by atoms with Crippen LogP contribution in [0.1, 0.15) is 76.7 Å². The van der Waals surface area contributed by atoms with E-state index in [9.17, 15) is 25.1 Å². The van der Waals surface area contributed by atoms with Gasteiger partial charge in [0.25, 0.3) is 5.69 Å². The Morgan fingerprint density at radius 3 is 2.58 bits per heavy atom. The van der Waals surface area contributed by atoms with Crippen LogP contribution in [0.4, 0.5) is 10.5 Å². The summed E-state index contributed by atoms with van der Waals surface area (Å²) < 4.78 is 26.0. The molecule has 6 unspecified atom stereocenters. The van der Waals surface area contributed by atoms with Gasteiger partial charge in [0, 0.05) is 43.7 Å². The van der Waals surface area contributed by atoms with E-state index in [-0.39, 0.29) is 62.2 Å². The summed E-state index contributed by atoms with van der Waals surface area (Å²) in [6, 6.07) is 10.9. The average Bonchev–Trinajstić information content (AvgIpc) is 3.19. The molecule has 1 aliphatic heterocycles. The Kier molecular flexibility index (Phi) is 15.4. The summed E-state index contributed by atoms with van der Waals surface area (Å²) in [7, 11) is 0. The van der Waals surface area contributed by atoms with E-state index in [4.69, 9.17) is 35.4 Å². The highest BCUT2D eigenvalue weighted by Crippen LogP contribution is 2.62. The molecule has 1 saturated carbocycles. The van der Waals surface area contributed by atoms with Crippen LogP contribution in [0, 0.1) is 27.9 Å². The van der Waals surface area contributed by atoms with Crippen LogP contribution in [0.3, 0.4) is 0 Å². The van der Waals surface area contributed by atoms with Crippen molar-refractivity contribution < 1.29 is 43.7 Å². The molecule has 6 atom stereocenters. The van der Waals surface area contributed by atoms with E-state index < -0.39 is 28.8 Å². The number of oxime groups is 1. The van der Waals surface area contributed by atoms with Crippen molar-refractivity contribution in [2.75, 3.05) is 45.5 Å². The van der Waals surface area contributed by atoms with E-state index in [1.807, 2.05) is 26.0 Å².